The molecule has 2 heteroatoms. The second-order valence-electron chi connectivity index (χ2n) is 10.1. The molecule has 38 heavy (non-hydrogen) atoms. The molecule has 2 nitrogen and oxygen atoms in total. The molecule has 0 saturated heterocycles. The highest BCUT2D eigenvalue weighted by Crippen LogP contribution is 2.21. The van der Waals surface area contributed by atoms with Crippen LogP contribution in [0.2, 0.25) is 0 Å². The Kier molecular flexibility index (Phi) is 15.0. The SMILES string of the molecule is C=C(O)CCCCC(/C=C/c1ccccc1C)Cc1cccc(C#N)c1.CCCCCCc1ccccc1. The number of nitrogens with zero attached hydrogens (tertiary/aromatic N) is 1. The molecular weight excluding hydrogens is 462 g/mol. The smallest absolute Gasteiger partial charge is 0.0991 e. The molecule has 3 aromatic rings. The van der Waals surface area contributed by atoms with Crippen LogP contribution in [0.4, 0.5) is 0 Å². The fourth-order valence-electron chi connectivity index (χ4n) is 4.49. The van der Waals surface area contributed by atoms with Crippen LogP contribution in [0.3, 0.4) is 0 Å². The van der Waals surface area contributed by atoms with Crippen molar-refractivity contribution >= 4 is 6.08 Å². The molecule has 0 aliphatic heterocycles. The molecule has 3 rings (SSSR count). The second kappa shape index (κ2) is 18.6. The third-order valence-corrected chi connectivity index (χ3v) is 6.74. The van der Waals surface area contributed by atoms with Gasteiger partial charge in [-0.15, -0.1) is 0 Å². The van der Waals surface area contributed by atoms with Gasteiger partial charge in [0.15, 0.2) is 0 Å². The number of hydrogen-bond donors (Lipinski definition) is 1. The number of aliphatic hydroxyl groups is 1. The lowest BCUT2D eigenvalue weighted by atomic mass is 9.91. The molecule has 0 aliphatic carbocycles. The minimum absolute atomic E-state index is 0.263. The van der Waals surface area contributed by atoms with Crippen LogP contribution in [0.25, 0.3) is 6.08 Å². The van der Waals surface area contributed by atoms with Gasteiger partial charge in [0.1, 0.15) is 0 Å². The first-order chi connectivity index (χ1) is 18.5. The summed E-state index contributed by atoms with van der Waals surface area (Å²) in [4.78, 5) is 0. The zero-order valence-electron chi connectivity index (χ0n) is 23.4. The Hall–Kier alpha value is -3.57. The van der Waals surface area contributed by atoms with Gasteiger partial charge in [0.25, 0.3) is 0 Å². The first-order valence-electron chi connectivity index (χ1n) is 14.1. The van der Waals surface area contributed by atoms with Gasteiger partial charge in [-0.3, -0.25) is 0 Å². The van der Waals surface area contributed by atoms with Crippen LogP contribution in [0, 0.1) is 24.2 Å². The molecule has 200 valence electrons. The molecule has 3 aromatic carbocycles. The van der Waals surface area contributed by atoms with Crippen molar-refractivity contribution in [1.82, 2.24) is 0 Å². The van der Waals surface area contributed by atoms with Crippen LogP contribution in [0.5, 0.6) is 0 Å². The quantitative estimate of drug-likeness (QED) is 0.174. The van der Waals surface area contributed by atoms with E-state index in [-0.39, 0.29) is 5.76 Å². The van der Waals surface area contributed by atoms with Crippen molar-refractivity contribution in [3.05, 3.63) is 125 Å². The number of benzene rings is 3. The first kappa shape index (κ1) is 30.7. The molecule has 0 radical (unpaired) electrons. The largest absolute Gasteiger partial charge is 0.513 e. The topological polar surface area (TPSA) is 44.0 Å². The van der Waals surface area contributed by atoms with E-state index < -0.39 is 0 Å². The molecule has 0 bridgehead atoms. The maximum Gasteiger partial charge on any atom is 0.0991 e. The van der Waals surface area contributed by atoms with Crippen LogP contribution in [0.1, 0.15) is 86.1 Å². The normalized spacial score (nSPS) is 11.4. The molecule has 0 aromatic heterocycles. The fourth-order valence-corrected chi connectivity index (χ4v) is 4.49. The molecule has 1 N–H and O–H groups in total. The summed E-state index contributed by atoms with van der Waals surface area (Å²) in [6.07, 6.45) is 15.8. The third-order valence-electron chi connectivity index (χ3n) is 6.74. The van der Waals surface area contributed by atoms with Crippen molar-refractivity contribution in [1.29, 1.82) is 5.26 Å². The summed E-state index contributed by atoms with van der Waals surface area (Å²) in [5, 5.41) is 18.4. The lowest BCUT2D eigenvalue weighted by Gasteiger charge is -2.14. The Bertz CT molecular complexity index is 1140. The average Bonchev–Trinajstić information content (AvgIpc) is 2.93. The fraction of sp³-hybridized carbons (Fsp3) is 0.361. The van der Waals surface area contributed by atoms with Crippen molar-refractivity contribution in [2.75, 3.05) is 0 Å². The number of rotatable bonds is 14. The molecule has 0 spiro atoms. The Labute approximate surface area is 231 Å². The van der Waals surface area contributed by atoms with Crippen molar-refractivity contribution in [2.45, 2.75) is 78.1 Å². The maximum atomic E-state index is 9.25. The minimum atomic E-state index is 0.263. The standard InChI is InChI=1S/C24H27NO.C12H18/c1-19-8-3-6-13-24(19)15-14-21(10-5-4-9-20(2)26)16-22-11-7-12-23(17-22)18-25;1-2-3-4-6-9-12-10-7-5-8-11-12/h3,6-8,11-15,17,21,26H,2,4-5,9-10,16H2,1H3;5,7-8,10-11H,2-4,6,9H2,1H3/b15-14+;. The minimum Gasteiger partial charge on any atom is -0.513 e. The van der Waals surface area contributed by atoms with E-state index in [0.29, 0.717) is 17.9 Å². The van der Waals surface area contributed by atoms with Gasteiger partial charge in [0.05, 0.1) is 17.4 Å². The van der Waals surface area contributed by atoms with Crippen LogP contribution >= 0.6 is 0 Å². The Balaban J connectivity index is 0.000000352. The summed E-state index contributed by atoms with van der Waals surface area (Å²) in [5.74, 6) is 0.661. The van der Waals surface area contributed by atoms with Crippen molar-refractivity contribution in [3.8, 4) is 6.07 Å². The van der Waals surface area contributed by atoms with E-state index in [1.54, 1.807) is 0 Å². The van der Waals surface area contributed by atoms with Gasteiger partial charge in [0, 0.05) is 6.42 Å². The summed E-state index contributed by atoms with van der Waals surface area (Å²) in [7, 11) is 0. The molecule has 0 saturated carbocycles. The number of aliphatic hydroxyl groups excluding tert-OH is 1. The van der Waals surface area contributed by atoms with Crippen LogP contribution < -0.4 is 0 Å². The summed E-state index contributed by atoms with van der Waals surface area (Å²) in [6.45, 7) is 7.93. The predicted octanol–water partition coefficient (Wildman–Crippen LogP) is 10.2. The Morgan fingerprint density at radius 2 is 1.63 bits per heavy atom. The Morgan fingerprint density at radius 3 is 2.34 bits per heavy atom. The lowest BCUT2D eigenvalue weighted by molar-refractivity contribution is 0.381. The number of unbranched alkanes of at least 4 members (excludes halogenated alkanes) is 4. The van der Waals surface area contributed by atoms with Crippen LogP contribution in [0.15, 0.2) is 97.3 Å². The van der Waals surface area contributed by atoms with Gasteiger partial charge >= 0.3 is 0 Å². The summed E-state index contributed by atoms with van der Waals surface area (Å²) >= 11 is 0. The monoisotopic (exact) mass is 507 g/mol. The highest BCUT2D eigenvalue weighted by Gasteiger charge is 2.08. The number of nitriles is 1. The highest BCUT2D eigenvalue weighted by atomic mass is 16.3. The number of allylic oxidation sites excluding steroid dienone is 2. The molecule has 1 unspecified atom stereocenters. The van der Waals surface area contributed by atoms with Gasteiger partial charge in [-0.05, 0) is 79.3 Å². The molecule has 0 heterocycles. The average molecular weight is 508 g/mol. The number of aryl methyl sites for hydroxylation is 2. The zero-order valence-corrected chi connectivity index (χ0v) is 23.4. The van der Waals surface area contributed by atoms with Gasteiger partial charge in [-0.1, -0.05) is 118 Å². The first-order valence-corrected chi connectivity index (χ1v) is 14.1. The molecule has 0 fully saturated rings. The summed E-state index contributed by atoms with van der Waals surface area (Å²) in [6, 6.07) is 29.2. The molecular formula is C36H45NO. The maximum absolute atomic E-state index is 9.25. The van der Waals surface area contributed by atoms with E-state index >= 15 is 0 Å². The van der Waals surface area contributed by atoms with E-state index in [9.17, 15) is 5.11 Å². The predicted molar refractivity (Wildman–Crippen MR) is 163 cm³/mol. The lowest BCUT2D eigenvalue weighted by Crippen LogP contribution is -2.02. The molecule has 0 aliphatic rings. The van der Waals surface area contributed by atoms with E-state index in [2.05, 4.69) is 99.3 Å². The summed E-state index contributed by atoms with van der Waals surface area (Å²) < 4.78 is 0. The van der Waals surface area contributed by atoms with E-state index in [4.69, 9.17) is 5.26 Å². The van der Waals surface area contributed by atoms with Crippen LogP contribution in [-0.4, -0.2) is 5.11 Å². The zero-order chi connectivity index (χ0) is 27.4. The Morgan fingerprint density at radius 1 is 0.895 bits per heavy atom. The van der Waals surface area contributed by atoms with Crippen molar-refractivity contribution < 1.29 is 5.11 Å². The number of hydrogen-bond acceptors (Lipinski definition) is 2. The molecule has 1 atom stereocenters. The van der Waals surface area contributed by atoms with Crippen molar-refractivity contribution in [3.63, 3.8) is 0 Å². The van der Waals surface area contributed by atoms with Crippen LogP contribution in [-0.2, 0) is 12.8 Å². The summed E-state index contributed by atoms with van der Waals surface area (Å²) in [5.41, 5.74) is 5.89. The van der Waals surface area contributed by atoms with Gasteiger partial charge in [-0.2, -0.15) is 5.26 Å². The van der Waals surface area contributed by atoms with E-state index in [1.165, 1.54) is 54.4 Å². The van der Waals surface area contributed by atoms with Gasteiger partial charge < -0.3 is 5.11 Å². The van der Waals surface area contributed by atoms with E-state index in [0.717, 1.165) is 25.7 Å². The van der Waals surface area contributed by atoms with Gasteiger partial charge in [0.2, 0.25) is 0 Å². The van der Waals surface area contributed by atoms with Crippen molar-refractivity contribution in [2.24, 2.45) is 5.92 Å². The third kappa shape index (κ3) is 13.1. The van der Waals surface area contributed by atoms with Gasteiger partial charge in [-0.25, -0.2) is 0 Å². The second-order valence-corrected chi connectivity index (χ2v) is 10.1. The van der Waals surface area contributed by atoms with E-state index in [1.807, 2.05) is 18.2 Å². The highest BCUT2D eigenvalue weighted by molar-refractivity contribution is 5.53. The molecule has 0 amide bonds.